The zero-order chi connectivity index (χ0) is 11.5. The first-order valence-electron chi connectivity index (χ1n) is 5.22. The van der Waals surface area contributed by atoms with Crippen molar-refractivity contribution in [3.63, 3.8) is 0 Å². The molecule has 3 heteroatoms. The highest BCUT2D eigenvalue weighted by Gasteiger charge is 2.05. The van der Waals surface area contributed by atoms with E-state index in [-0.39, 0.29) is 6.42 Å². The molecule has 3 nitrogen and oxygen atoms in total. The Morgan fingerprint density at radius 3 is 2.88 bits per heavy atom. The molecule has 0 fully saturated rings. The van der Waals surface area contributed by atoms with Gasteiger partial charge in [-0.2, -0.15) is 0 Å². The fraction of sp³-hybridized carbons (Fsp3) is 0.231. The Morgan fingerprint density at radius 1 is 1.31 bits per heavy atom. The van der Waals surface area contributed by atoms with Crippen LogP contribution in [0.1, 0.15) is 17.5 Å². The predicted octanol–water partition coefficient (Wildman–Crippen LogP) is 2.56. The van der Waals surface area contributed by atoms with Gasteiger partial charge >= 0.3 is 5.97 Å². The van der Waals surface area contributed by atoms with E-state index in [1.165, 1.54) is 5.56 Å². The number of hydrogen-bond acceptors (Lipinski definition) is 2. The summed E-state index contributed by atoms with van der Waals surface area (Å²) in [4.78, 5) is 14.7. The molecule has 0 aliphatic heterocycles. The molecular formula is C13H13NO2. The number of carboxylic acid groups (broad SMARTS) is 1. The largest absolute Gasteiger partial charge is 0.481 e. The number of aryl methyl sites for hydroxylation is 2. The zero-order valence-electron chi connectivity index (χ0n) is 9.10. The number of benzene rings is 1. The van der Waals surface area contributed by atoms with Crippen LogP contribution in [0.2, 0.25) is 0 Å². The number of aliphatic carboxylic acids is 1. The Morgan fingerprint density at radius 2 is 2.12 bits per heavy atom. The summed E-state index contributed by atoms with van der Waals surface area (Å²) in [5.41, 5.74) is 2.24. The van der Waals surface area contributed by atoms with E-state index in [0.29, 0.717) is 6.42 Å². The molecule has 0 aliphatic rings. The van der Waals surface area contributed by atoms with Gasteiger partial charge in [-0.15, -0.1) is 0 Å². The van der Waals surface area contributed by atoms with Gasteiger partial charge in [0.25, 0.3) is 0 Å². The number of fused-ring (bicyclic) bond motifs is 1. The van der Waals surface area contributed by atoms with Crippen molar-refractivity contribution in [1.82, 2.24) is 4.98 Å². The van der Waals surface area contributed by atoms with Gasteiger partial charge < -0.3 is 5.11 Å². The molecule has 16 heavy (non-hydrogen) atoms. The van der Waals surface area contributed by atoms with Gasteiger partial charge in [0.2, 0.25) is 0 Å². The number of pyridine rings is 1. The summed E-state index contributed by atoms with van der Waals surface area (Å²) >= 11 is 0. The van der Waals surface area contributed by atoms with E-state index in [2.05, 4.69) is 4.98 Å². The van der Waals surface area contributed by atoms with Gasteiger partial charge in [-0.3, -0.25) is 9.78 Å². The van der Waals surface area contributed by atoms with Gasteiger partial charge in [0.05, 0.1) is 0 Å². The average Bonchev–Trinajstić information content (AvgIpc) is 2.28. The molecule has 1 aromatic carbocycles. The van der Waals surface area contributed by atoms with Crippen LogP contribution in [-0.2, 0) is 11.2 Å². The van der Waals surface area contributed by atoms with Crippen LogP contribution in [0.4, 0.5) is 0 Å². The van der Waals surface area contributed by atoms with Crippen molar-refractivity contribution in [1.29, 1.82) is 0 Å². The highest BCUT2D eigenvalue weighted by atomic mass is 16.4. The minimum Gasteiger partial charge on any atom is -0.481 e. The van der Waals surface area contributed by atoms with E-state index in [0.717, 1.165) is 16.3 Å². The van der Waals surface area contributed by atoms with Crippen molar-refractivity contribution in [3.05, 3.63) is 41.7 Å². The number of carbonyl (C=O) groups is 1. The van der Waals surface area contributed by atoms with Crippen LogP contribution in [0.3, 0.4) is 0 Å². The molecule has 0 atom stereocenters. The molecule has 0 aliphatic carbocycles. The summed E-state index contributed by atoms with van der Waals surface area (Å²) in [5.74, 6) is -0.766. The second-order valence-corrected chi connectivity index (χ2v) is 3.86. The molecule has 1 aromatic heterocycles. The third-order valence-electron chi connectivity index (χ3n) is 2.73. The first kappa shape index (κ1) is 10.6. The molecule has 1 N–H and O–H groups in total. The van der Waals surface area contributed by atoms with E-state index < -0.39 is 5.97 Å². The molecule has 0 radical (unpaired) electrons. The summed E-state index contributed by atoms with van der Waals surface area (Å²) in [6, 6.07) is 5.98. The molecule has 2 aromatic rings. The first-order chi connectivity index (χ1) is 7.68. The molecule has 0 unspecified atom stereocenters. The number of rotatable bonds is 3. The maximum Gasteiger partial charge on any atom is 0.303 e. The predicted molar refractivity (Wildman–Crippen MR) is 62.4 cm³/mol. The second-order valence-electron chi connectivity index (χ2n) is 3.86. The highest BCUT2D eigenvalue weighted by molar-refractivity contribution is 5.88. The van der Waals surface area contributed by atoms with Crippen molar-refractivity contribution >= 4 is 16.7 Å². The van der Waals surface area contributed by atoms with E-state index in [1.54, 1.807) is 12.4 Å². The number of hydrogen-bond donors (Lipinski definition) is 1. The van der Waals surface area contributed by atoms with Gasteiger partial charge in [-0.05, 0) is 35.9 Å². The lowest BCUT2D eigenvalue weighted by molar-refractivity contribution is -0.136. The Hall–Kier alpha value is -1.90. The van der Waals surface area contributed by atoms with Crippen molar-refractivity contribution in [2.75, 3.05) is 0 Å². The van der Waals surface area contributed by atoms with Crippen molar-refractivity contribution in [2.45, 2.75) is 19.8 Å². The van der Waals surface area contributed by atoms with Crippen LogP contribution in [0.5, 0.6) is 0 Å². The maximum atomic E-state index is 10.6. The number of nitrogens with zero attached hydrogens (tertiary/aromatic N) is 1. The second kappa shape index (κ2) is 4.31. The third kappa shape index (κ3) is 2.03. The molecule has 2 rings (SSSR count). The first-order valence-corrected chi connectivity index (χ1v) is 5.22. The summed E-state index contributed by atoms with van der Waals surface area (Å²) in [6.07, 6.45) is 4.28. The van der Waals surface area contributed by atoms with Gasteiger partial charge in [-0.25, -0.2) is 0 Å². The summed E-state index contributed by atoms with van der Waals surface area (Å²) in [6.45, 7) is 2.04. The minimum absolute atomic E-state index is 0.160. The van der Waals surface area contributed by atoms with Crippen LogP contribution >= 0.6 is 0 Å². The monoisotopic (exact) mass is 215 g/mol. The fourth-order valence-corrected chi connectivity index (χ4v) is 1.86. The summed E-state index contributed by atoms with van der Waals surface area (Å²) in [7, 11) is 0. The molecular weight excluding hydrogens is 202 g/mol. The van der Waals surface area contributed by atoms with Gasteiger partial charge in [-0.1, -0.05) is 12.1 Å². The molecule has 82 valence electrons. The lowest BCUT2D eigenvalue weighted by Crippen LogP contribution is -1.98. The standard InChI is InChI=1S/C13H13NO2/c1-9-2-3-10(4-5-13(15)16)12-8-14-7-6-11(9)12/h2-3,6-8H,4-5H2,1H3,(H,15,16). The van der Waals surface area contributed by atoms with Crippen LogP contribution in [0.15, 0.2) is 30.6 Å². The van der Waals surface area contributed by atoms with E-state index in [1.807, 2.05) is 25.1 Å². The highest BCUT2D eigenvalue weighted by Crippen LogP contribution is 2.22. The topological polar surface area (TPSA) is 50.2 Å². The van der Waals surface area contributed by atoms with Gasteiger partial charge in [0, 0.05) is 24.2 Å². The van der Waals surface area contributed by atoms with Crippen molar-refractivity contribution < 1.29 is 9.90 Å². The molecule has 0 bridgehead atoms. The summed E-state index contributed by atoms with van der Waals surface area (Å²) in [5, 5.41) is 10.9. The Balaban J connectivity index is 2.46. The van der Waals surface area contributed by atoms with Crippen LogP contribution in [-0.4, -0.2) is 16.1 Å². The lowest BCUT2D eigenvalue weighted by Gasteiger charge is -2.07. The van der Waals surface area contributed by atoms with E-state index >= 15 is 0 Å². The van der Waals surface area contributed by atoms with Crippen LogP contribution in [0, 0.1) is 6.92 Å². The molecule has 0 amide bonds. The quantitative estimate of drug-likeness (QED) is 0.856. The maximum absolute atomic E-state index is 10.6. The number of carboxylic acids is 1. The summed E-state index contributed by atoms with van der Waals surface area (Å²) < 4.78 is 0. The Bertz CT molecular complexity index is 534. The minimum atomic E-state index is -0.766. The average molecular weight is 215 g/mol. The molecule has 0 saturated heterocycles. The third-order valence-corrected chi connectivity index (χ3v) is 2.73. The van der Waals surface area contributed by atoms with E-state index in [9.17, 15) is 4.79 Å². The van der Waals surface area contributed by atoms with Gasteiger partial charge in [0.15, 0.2) is 0 Å². The fourth-order valence-electron chi connectivity index (χ4n) is 1.86. The van der Waals surface area contributed by atoms with Crippen LogP contribution < -0.4 is 0 Å². The van der Waals surface area contributed by atoms with E-state index in [4.69, 9.17) is 5.11 Å². The molecule has 1 heterocycles. The lowest BCUT2D eigenvalue weighted by atomic mass is 9.99. The zero-order valence-corrected chi connectivity index (χ0v) is 9.10. The smallest absolute Gasteiger partial charge is 0.303 e. The SMILES string of the molecule is Cc1ccc(CCC(=O)O)c2cnccc12. The van der Waals surface area contributed by atoms with Crippen molar-refractivity contribution in [2.24, 2.45) is 0 Å². The van der Waals surface area contributed by atoms with Gasteiger partial charge in [0.1, 0.15) is 0 Å². The number of aromatic nitrogens is 1. The molecule has 0 saturated carbocycles. The van der Waals surface area contributed by atoms with Crippen molar-refractivity contribution in [3.8, 4) is 0 Å². The molecule has 0 spiro atoms. The Kier molecular flexibility index (Phi) is 2.86. The Labute approximate surface area is 93.7 Å². The normalized spacial score (nSPS) is 10.6. The van der Waals surface area contributed by atoms with Crippen LogP contribution in [0.25, 0.3) is 10.8 Å².